The summed E-state index contributed by atoms with van der Waals surface area (Å²) in [6, 6.07) is 7.64. The molecule has 116 valence electrons. The lowest BCUT2D eigenvalue weighted by atomic mass is 10.00. The Morgan fingerprint density at radius 2 is 1.86 bits per heavy atom. The topological polar surface area (TPSA) is 57.6 Å². The van der Waals surface area contributed by atoms with Gasteiger partial charge in [-0.2, -0.15) is 0 Å². The molecule has 0 saturated heterocycles. The van der Waals surface area contributed by atoms with E-state index in [9.17, 15) is 9.59 Å². The molecule has 0 spiro atoms. The Morgan fingerprint density at radius 1 is 1.24 bits per heavy atom. The molecule has 1 aromatic carbocycles. The van der Waals surface area contributed by atoms with E-state index in [1.54, 1.807) is 11.8 Å². The third-order valence-electron chi connectivity index (χ3n) is 3.79. The summed E-state index contributed by atoms with van der Waals surface area (Å²) in [6.07, 6.45) is 1.53. The van der Waals surface area contributed by atoms with Crippen molar-refractivity contribution in [1.82, 2.24) is 0 Å². The largest absolute Gasteiger partial charge is 0.481 e. The average molecular weight is 291 g/mol. The molecule has 0 aliphatic carbocycles. The Morgan fingerprint density at radius 3 is 2.33 bits per heavy atom. The quantitative estimate of drug-likeness (QED) is 0.836. The maximum Gasteiger partial charge on any atom is 0.308 e. The third kappa shape index (κ3) is 4.59. The van der Waals surface area contributed by atoms with Crippen LogP contribution in [0.2, 0.25) is 0 Å². The summed E-state index contributed by atoms with van der Waals surface area (Å²) in [5.74, 6) is -1.53. The first-order chi connectivity index (χ1) is 9.90. The molecule has 1 atom stereocenters. The molecule has 1 amide bonds. The monoisotopic (exact) mass is 291 g/mol. The molecule has 0 aliphatic rings. The van der Waals surface area contributed by atoms with E-state index in [1.807, 2.05) is 45.0 Å². The predicted octanol–water partition coefficient (Wildman–Crippen LogP) is 3.48. The number of aliphatic carboxylic acids is 1. The van der Waals surface area contributed by atoms with Crippen LogP contribution in [0.3, 0.4) is 0 Å². The molecule has 1 aromatic rings. The summed E-state index contributed by atoms with van der Waals surface area (Å²) in [6.45, 7) is 7.77. The Hall–Kier alpha value is -1.84. The van der Waals surface area contributed by atoms with Gasteiger partial charge in [0.05, 0.1) is 5.92 Å². The first-order valence-electron chi connectivity index (χ1n) is 7.51. The van der Waals surface area contributed by atoms with E-state index in [2.05, 4.69) is 0 Å². The molecule has 0 bridgehead atoms. The van der Waals surface area contributed by atoms with Crippen molar-refractivity contribution in [3.05, 3.63) is 29.8 Å². The van der Waals surface area contributed by atoms with Crippen LogP contribution in [-0.4, -0.2) is 23.5 Å². The highest BCUT2D eigenvalue weighted by molar-refractivity contribution is 5.95. The van der Waals surface area contributed by atoms with Crippen molar-refractivity contribution in [2.75, 3.05) is 11.4 Å². The summed E-state index contributed by atoms with van der Waals surface area (Å²) in [5.41, 5.74) is 1.83. The molecule has 0 radical (unpaired) electrons. The van der Waals surface area contributed by atoms with Crippen LogP contribution in [-0.2, 0) is 9.59 Å². The normalized spacial score (nSPS) is 12.2. The number of hydrogen-bond donors (Lipinski definition) is 1. The number of benzene rings is 1. The number of carbonyl (C=O) groups excluding carboxylic acids is 1. The number of rotatable bonds is 7. The second-order valence-corrected chi connectivity index (χ2v) is 5.54. The highest BCUT2D eigenvalue weighted by Gasteiger charge is 2.26. The van der Waals surface area contributed by atoms with Gasteiger partial charge in [-0.15, -0.1) is 0 Å². The maximum atomic E-state index is 12.7. The van der Waals surface area contributed by atoms with Gasteiger partial charge in [0.25, 0.3) is 0 Å². The first-order valence-corrected chi connectivity index (χ1v) is 7.51. The van der Waals surface area contributed by atoms with Gasteiger partial charge in [-0.3, -0.25) is 9.59 Å². The van der Waals surface area contributed by atoms with Gasteiger partial charge in [0.15, 0.2) is 0 Å². The minimum atomic E-state index is -0.884. The molecular formula is C17H25NO3. The van der Waals surface area contributed by atoms with Gasteiger partial charge in [-0.25, -0.2) is 0 Å². The smallest absolute Gasteiger partial charge is 0.308 e. The standard InChI is InChI=1S/C17H25NO3/c1-5-14(6-2)16(19)18(11-13(4)17(20)21)15-9-7-8-12(3)10-15/h7-10,13-14H,5-6,11H2,1-4H3,(H,20,21). The lowest BCUT2D eigenvalue weighted by Gasteiger charge is -2.28. The molecule has 4 heteroatoms. The van der Waals surface area contributed by atoms with Gasteiger partial charge in [0.2, 0.25) is 5.91 Å². The van der Waals surface area contributed by atoms with E-state index in [0.717, 1.165) is 24.1 Å². The SMILES string of the molecule is CCC(CC)C(=O)N(CC(C)C(=O)O)c1cccc(C)c1. The Bertz CT molecular complexity index is 495. The molecule has 4 nitrogen and oxygen atoms in total. The fourth-order valence-electron chi connectivity index (χ4n) is 2.33. The zero-order chi connectivity index (χ0) is 16.0. The predicted molar refractivity (Wildman–Crippen MR) is 84.4 cm³/mol. The first kappa shape index (κ1) is 17.2. The number of anilines is 1. The zero-order valence-electron chi connectivity index (χ0n) is 13.3. The van der Waals surface area contributed by atoms with E-state index in [0.29, 0.717) is 0 Å². The minimum absolute atomic E-state index is 0.0127. The summed E-state index contributed by atoms with van der Waals surface area (Å²) in [7, 11) is 0. The van der Waals surface area contributed by atoms with Gasteiger partial charge < -0.3 is 10.0 Å². The number of carboxylic acids is 1. The lowest BCUT2D eigenvalue weighted by molar-refractivity contribution is -0.140. The Labute approximate surface area is 126 Å². The molecule has 0 aromatic heterocycles. The summed E-state index contributed by atoms with van der Waals surface area (Å²) in [5, 5.41) is 9.13. The molecule has 0 saturated carbocycles. The highest BCUT2D eigenvalue weighted by atomic mass is 16.4. The molecule has 21 heavy (non-hydrogen) atoms. The van der Waals surface area contributed by atoms with Crippen LogP contribution in [0, 0.1) is 18.8 Å². The summed E-state index contributed by atoms with van der Waals surface area (Å²) < 4.78 is 0. The fourth-order valence-corrected chi connectivity index (χ4v) is 2.33. The van der Waals surface area contributed by atoms with Crippen molar-refractivity contribution in [3.63, 3.8) is 0 Å². The zero-order valence-corrected chi connectivity index (χ0v) is 13.3. The molecule has 0 fully saturated rings. The second-order valence-electron chi connectivity index (χ2n) is 5.54. The fraction of sp³-hybridized carbons (Fsp3) is 0.529. The van der Waals surface area contributed by atoms with Crippen LogP contribution in [0.5, 0.6) is 0 Å². The van der Waals surface area contributed by atoms with Crippen LogP contribution in [0.15, 0.2) is 24.3 Å². The highest BCUT2D eigenvalue weighted by Crippen LogP contribution is 2.22. The van der Waals surface area contributed by atoms with E-state index in [4.69, 9.17) is 5.11 Å². The molecule has 1 rings (SSSR count). The Kier molecular flexibility index (Phi) is 6.40. The van der Waals surface area contributed by atoms with Gasteiger partial charge in [0.1, 0.15) is 0 Å². The van der Waals surface area contributed by atoms with Crippen molar-refractivity contribution < 1.29 is 14.7 Å². The number of aryl methyl sites for hydroxylation is 1. The molecule has 0 heterocycles. The van der Waals surface area contributed by atoms with Gasteiger partial charge in [-0.05, 0) is 37.5 Å². The van der Waals surface area contributed by atoms with Crippen molar-refractivity contribution in [2.45, 2.75) is 40.5 Å². The summed E-state index contributed by atoms with van der Waals surface area (Å²) >= 11 is 0. The average Bonchev–Trinajstić information content (AvgIpc) is 2.45. The lowest BCUT2D eigenvalue weighted by Crippen LogP contribution is -2.40. The number of nitrogens with zero attached hydrogens (tertiary/aromatic N) is 1. The van der Waals surface area contributed by atoms with Gasteiger partial charge in [0, 0.05) is 18.2 Å². The number of carbonyl (C=O) groups is 2. The van der Waals surface area contributed by atoms with Crippen molar-refractivity contribution in [3.8, 4) is 0 Å². The summed E-state index contributed by atoms with van der Waals surface area (Å²) in [4.78, 5) is 25.5. The van der Waals surface area contributed by atoms with Crippen LogP contribution >= 0.6 is 0 Å². The number of carboxylic acid groups (broad SMARTS) is 1. The van der Waals surface area contributed by atoms with Crippen LogP contribution < -0.4 is 4.90 Å². The number of hydrogen-bond acceptors (Lipinski definition) is 2. The second kappa shape index (κ2) is 7.81. The van der Waals surface area contributed by atoms with Crippen LogP contribution in [0.4, 0.5) is 5.69 Å². The molecule has 1 N–H and O–H groups in total. The molecule has 1 unspecified atom stereocenters. The van der Waals surface area contributed by atoms with Gasteiger partial charge in [-0.1, -0.05) is 32.9 Å². The minimum Gasteiger partial charge on any atom is -0.481 e. The van der Waals surface area contributed by atoms with Crippen LogP contribution in [0.25, 0.3) is 0 Å². The van der Waals surface area contributed by atoms with E-state index in [1.165, 1.54) is 0 Å². The maximum absolute atomic E-state index is 12.7. The van der Waals surface area contributed by atoms with E-state index >= 15 is 0 Å². The van der Waals surface area contributed by atoms with Crippen molar-refractivity contribution >= 4 is 17.6 Å². The van der Waals surface area contributed by atoms with Crippen molar-refractivity contribution in [1.29, 1.82) is 0 Å². The Balaban J connectivity index is 3.10. The number of amides is 1. The van der Waals surface area contributed by atoms with Crippen molar-refractivity contribution in [2.24, 2.45) is 11.8 Å². The van der Waals surface area contributed by atoms with Gasteiger partial charge >= 0.3 is 5.97 Å². The van der Waals surface area contributed by atoms with Crippen LogP contribution in [0.1, 0.15) is 39.2 Å². The van der Waals surface area contributed by atoms with E-state index < -0.39 is 11.9 Å². The third-order valence-corrected chi connectivity index (χ3v) is 3.79. The van der Waals surface area contributed by atoms with E-state index in [-0.39, 0.29) is 18.4 Å². The molecule has 0 aliphatic heterocycles. The molecular weight excluding hydrogens is 266 g/mol.